The maximum absolute atomic E-state index is 11.8. The van der Waals surface area contributed by atoms with Crippen molar-refractivity contribution >= 4 is 19.4 Å². The van der Waals surface area contributed by atoms with E-state index in [-0.39, 0.29) is 12.5 Å². The van der Waals surface area contributed by atoms with Crippen LogP contribution in [0.2, 0.25) is 6.32 Å². The number of anilines is 1. The van der Waals surface area contributed by atoms with Gasteiger partial charge in [-0.25, -0.2) is 0 Å². The summed E-state index contributed by atoms with van der Waals surface area (Å²) in [4.78, 5) is 13.6. The summed E-state index contributed by atoms with van der Waals surface area (Å²) in [5.41, 5.74) is 2.07. The van der Waals surface area contributed by atoms with E-state index in [0.717, 1.165) is 36.3 Å². The maximum atomic E-state index is 11.8. The number of fused-ring (bicyclic) bond motifs is 1. The molecule has 1 amide bonds. The molecule has 0 atom stereocenters. The second-order valence-corrected chi connectivity index (χ2v) is 4.16. The molecule has 1 aliphatic rings. The normalized spacial score (nSPS) is 14.6. The van der Waals surface area contributed by atoms with E-state index in [1.807, 2.05) is 30.0 Å². The highest BCUT2D eigenvalue weighted by Crippen LogP contribution is 2.32. The minimum atomic E-state index is 0.0616. The van der Waals surface area contributed by atoms with Crippen molar-refractivity contribution in [2.45, 2.75) is 19.7 Å². The summed E-state index contributed by atoms with van der Waals surface area (Å²) in [6.07, 6.45) is 2.12. The molecular formula is C12H16BNO2. The molecule has 1 aromatic rings. The fourth-order valence-corrected chi connectivity index (χ4v) is 1.87. The minimum Gasteiger partial charge on any atom is -0.482 e. The number of benzene rings is 1. The third-order valence-electron chi connectivity index (χ3n) is 2.79. The molecule has 0 radical (unpaired) electrons. The van der Waals surface area contributed by atoms with Gasteiger partial charge in [-0.2, -0.15) is 0 Å². The van der Waals surface area contributed by atoms with Gasteiger partial charge in [0, 0.05) is 6.54 Å². The molecule has 0 saturated carbocycles. The van der Waals surface area contributed by atoms with Gasteiger partial charge >= 0.3 is 0 Å². The lowest BCUT2D eigenvalue weighted by molar-refractivity contribution is -0.121. The number of carbonyl (C=O) groups is 1. The highest BCUT2D eigenvalue weighted by molar-refractivity contribution is 6.08. The van der Waals surface area contributed by atoms with Gasteiger partial charge in [0.1, 0.15) is 13.6 Å². The van der Waals surface area contributed by atoms with Crippen LogP contribution in [0.3, 0.4) is 0 Å². The summed E-state index contributed by atoms with van der Waals surface area (Å²) >= 11 is 0. The first-order valence-corrected chi connectivity index (χ1v) is 5.76. The van der Waals surface area contributed by atoms with Crippen molar-refractivity contribution in [2.75, 3.05) is 18.1 Å². The third-order valence-corrected chi connectivity index (χ3v) is 2.79. The Labute approximate surface area is 96.8 Å². The van der Waals surface area contributed by atoms with E-state index in [1.165, 1.54) is 0 Å². The van der Waals surface area contributed by atoms with E-state index in [1.54, 1.807) is 0 Å². The van der Waals surface area contributed by atoms with Crippen molar-refractivity contribution in [3.63, 3.8) is 0 Å². The summed E-state index contributed by atoms with van der Waals surface area (Å²) in [7, 11) is 2.13. The minimum absolute atomic E-state index is 0.0616. The molecule has 0 saturated heterocycles. The molecule has 1 aromatic carbocycles. The van der Waals surface area contributed by atoms with Crippen LogP contribution in [0.5, 0.6) is 5.75 Å². The van der Waals surface area contributed by atoms with Crippen LogP contribution in [0.15, 0.2) is 18.2 Å². The first kappa shape index (κ1) is 11.1. The molecule has 0 fully saturated rings. The van der Waals surface area contributed by atoms with Crippen LogP contribution in [0.4, 0.5) is 5.69 Å². The van der Waals surface area contributed by atoms with Gasteiger partial charge < -0.3 is 9.64 Å². The Morgan fingerprint density at radius 2 is 2.31 bits per heavy atom. The van der Waals surface area contributed by atoms with Gasteiger partial charge in [-0.3, -0.25) is 4.79 Å². The van der Waals surface area contributed by atoms with E-state index >= 15 is 0 Å². The molecule has 0 unspecified atom stereocenters. The first-order chi connectivity index (χ1) is 7.72. The number of hydrogen-bond acceptors (Lipinski definition) is 2. The zero-order valence-corrected chi connectivity index (χ0v) is 9.82. The fourth-order valence-electron chi connectivity index (χ4n) is 1.87. The van der Waals surface area contributed by atoms with Gasteiger partial charge in [0.2, 0.25) is 0 Å². The number of carbonyl (C=O) groups excluding carboxylic acids is 1. The average molecular weight is 217 g/mol. The van der Waals surface area contributed by atoms with Gasteiger partial charge in [-0.05, 0) is 31.0 Å². The number of hydrogen-bond donors (Lipinski definition) is 0. The maximum Gasteiger partial charge on any atom is 0.265 e. The molecule has 3 nitrogen and oxygen atoms in total. The van der Waals surface area contributed by atoms with Gasteiger partial charge in [0.05, 0.1) is 5.69 Å². The summed E-state index contributed by atoms with van der Waals surface area (Å²) < 4.78 is 5.41. The van der Waals surface area contributed by atoms with Gasteiger partial charge in [0.15, 0.2) is 6.61 Å². The van der Waals surface area contributed by atoms with Gasteiger partial charge in [0.25, 0.3) is 5.91 Å². The van der Waals surface area contributed by atoms with Crippen LogP contribution in [-0.2, 0) is 4.79 Å². The Kier molecular flexibility index (Phi) is 3.18. The predicted molar refractivity (Wildman–Crippen MR) is 67.0 cm³/mol. The molecule has 84 valence electrons. The SMILES string of the molecule is BCCCN1C(=O)COc2ccc(C)cc21. The van der Waals surface area contributed by atoms with Crippen molar-refractivity contribution < 1.29 is 9.53 Å². The van der Waals surface area contributed by atoms with Crippen LogP contribution in [0, 0.1) is 6.92 Å². The average Bonchev–Trinajstić information content (AvgIpc) is 2.28. The number of nitrogens with zero attached hydrogens (tertiary/aromatic N) is 1. The van der Waals surface area contributed by atoms with E-state index in [0.29, 0.717) is 0 Å². The standard InChI is InChI=1S/C12H16BNO2/c1-9-3-4-11-10(7-9)14(6-2-5-13)12(15)8-16-11/h3-4,7H,2,5-6,8,13H2,1H3. The molecule has 16 heavy (non-hydrogen) atoms. The highest BCUT2D eigenvalue weighted by Gasteiger charge is 2.24. The van der Waals surface area contributed by atoms with Crippen molar-refractivity contribution in [3.05, 3.63) is 23.8 Å². The van der Waals surface area contributed by atoms with Crippen LogP contribution < -0.4 is 9.64 Å². The van der Waals surface area contributed by atoms with Crippen molar-refractivity contribution in [1.29, 1.82) is 0 Å². The van der Waals surface area contributed by atoms with E-state index in [2.05, 4.69) is 7.85 Å². The summed E-state index contributed by atoms with van der Waals surface area (Å²) in [5, 5.41) is 0. The van der Waals surface area contributed by atoms with Crippen LogP contribution in [0.25, 0.3) is 0 Å². The van der Waals surface area contributed by atoms with E-state index in [9.17, 15) is 4.79 Å². The lowest BCUT2D eigenvalue weighted by Crippen LogP contribution is -2.39. The topological polar surface area (TPSA) is 29.5 Å². The zero-order chi connectivity index (χ0) is 11.5. The number of rotatable bonds is 3. The second-order valence-electron chi connectivity index (χ2n) is 4.16. The van der Waals surface area contributed by atoms with Crippen LogP contribution >= 0.6 is 0 Å². The van der Waals surface area contributed by atoms with Crippen molar-refractivity contribution in [3.8, 4) is 5.75 Å². The quantitative estimate of drug-likeness (QED) is 0.711. The summed E-state index contributed by atoms with van der Waals surface area (Å²) in [6, 6.07) is 5.96. The molecule has 4 heteroatoms. The molecule has 2 rings (SSSR count). The van der Waals surface area contributed by atoms with E-state index < -0.39 is 0 Å². The Morgan fingerprint density at radius 3 is 3.06 bits per heavy atom. The van der Waals surface area contributed by atoms with Crippen LogP contribution in [0.1, 0.15) is 12.0 Å². The molecule has 0 spiro atoms. The smallest absolute Gasteiger partial charge is 0.265 e. The predicted octanol–water partition coefficient (Wildman–Crippen LogP) is 1.16. The van der Waals surface area contributed by atoms with Gasteiger partial charge in [-0.1, -0.05) is 12.4 Å². The lowest BCUT2D eigenvalue weighted by Gasteiger charge is -2.29. The fraction of sp³-hybridized carbons (Fsp3) is 0.417. The number of amides is 1. The van der Waals surface area contributed by atoms with Crippen LogP contribution in [-0.4, -0.2) is 26.9 Å². The van der Waals surface area contributed by atoms with Gasteiger partial charge in [-0.15, -0.1) is 0 Å². The summed E-state index contributed by atoms with van der Waals surface area (Å²) in [6.45, 7) is 2.98. The van der Waals surface area contributed by atoms with Crippen molar-refractivity contribution in [2.24, 2.45) is 0 Å². The Hall–Kier alpha value is -1.45. The summed E-state index contributed by atoms with van der Waals surface area (Å²) in [5.74, 6) is 0.882. The monoisotopic (exact) mass is 217 g/mol. The molecular weight excluding hydrogens is 201 g/mol. The molecule has 1 aliphatic heterocycles. The Bertz CT molecular complexity index is 406. The highest BCUT2D eigenvalue weighted by atomic mass is 16.5. The Balaban J connectivity index is 2.31. The third kappa shape index (κ3) is 2.06. The first-order valence-electron chi connectivity index (χ1n) is 5.76. The molecule has 1 heterocycles. The zero-order valence-electron chi connectivity index (χ0n) is 9.82. The molecule has 0 aliphatic carbocycles. The number of ether oxygens (including phenoxy) is 1. The molecule has 0 N–H and O–H groups in total. The second kappa shape index (κ2) is 4.60. The van der Waals surface area contributed by atoms with E-state index in [4.69, 9.17) is 4.74 Å². The largest absolute Gasteiger partial charge is 0.482 e. The Morgan fingerprint density at radius 1 is 1.50 bits per heavy atom. The number of aryl methyl sites for hydroxylation is 1. The molecule has 0 aromatic heterocycles. The molecule has 0 bridgehead atoms. The lowest BCUT2D eigenvalue weighted by atomic mass is 10.0. The van der Waals surface area contributed by atoms with Crippen molar-refractivity contribution in [1.82, 2.24) is 0 Å².